The van der Waals surface area contributed by atoms with Crippen LogP contribution in [-0.2, 0) is 11.8 Å². The third-order valence-electron chi connectivity index (χ3n) is 5.10. The van der Waals surface area contributed by atoms with E-state index in [4.69, 9.17) is 14.9 Å². The molecular weight excluding hydrogens is 414 g/mol. The van der Waals surface area contributed by atoms with E-state index in [1.165, 1.54) is 17.1 Å². The number of amides is 2. The van der Waals surface area contributed by atoms with Gasteiger partial charge in [-0.25, -0.2) is 9.97 Å². The van der Waals surface area contributed by atoms with Crippen LogP contribution in [0.25, 0.3) is 11.5 Å². The number of primary amides is 1. The van der Waals surface area contributed by atoms with Crippen molar-refractivity contribution in [2.45, 2.75) is 38.3 Å². The highest BCUT2D eigenvalue weighted by atomic mass is 16.5. The largest absolute Gasteiger partial charge is 0.444 e. The summed E-state index contributed by atoms with van der Waals surface area (Å²) in [5.41, 5.74) is 6.01. The Balaban J connectivity index is 1.47. The molecule has 2 amide bonds. The molecule has 168 valence electrons. The average Bonchev–Trinajstić information content (AvgIpc) is 3.34. The summed E-state index contributed by atoms with van der Waals surface area (Å²) in [6.45, 7) is 4.83. The molecule has 1 unspecified atom stereocenters. The van der Waals surface area contributed by atoms with E-state index < -0.39 is 11.8 Å². The van der Waals surface area contributed by atoms with E-state index >= 15 is 0 Å². The second kappa shape index (κ2) is 8.42. The van der Waals surface area contributed by atoms with Crippen LogP contribution in [0.15, 0.2) is 35.2 Å². The number of pyridine rings is 1. The Morgan fingerprint density at radius 2 is 2.16 bits per heavy atom. The van der Waals surface area contributed by atoms with E-state index in [1.807, 2.05) is 6.07 Å². The van der Waals surface area contributed by atoms with Crippen LogP contribution in [0.1, 0.15) is 47.7 Å². The minimum Gasteiger partial charge on any atom is -0.444 e. The second-order valence-electron chi connectivity index (χ2n) is 8.29. The Bertz CT molecular complexity index is 1150. The van der Waals surface area contributed by atoms with E-state index in [1.54, 1.807) is 19.3 Å². The van der Waals surface area contributed by atoms with Crippen LogP contribution in [0.5, 0.6) is 0 Å². The number of carbonyl (C=O) groups excluding carboxylic acids is 2. The zero-order valence-corrected chi connectivity index (χ0v) is 18.1. The maximum atomic E-state index is 12.6. The van der Waals surface area contributed by atoms with Crippen molar-refractivity contribution in [3.8, 4) is 11.5 Å². The van der Waals surface area contributed by atoms with Crippen LogP contribution in [0, 0.1) is 0 Å². The van der Waals surface area contributed by atoms with Gasteiger partial charge in [0.25, 0.3) is 11.8 Å². The van der Waals surface area contributed by atoms with Gasteiger partial charge in [0.1, 0.15) is 12.1 Å². The molecule has 0 radical (unpaired) electrons. The first-order chi connectivity index (χ1) is 15.2. The summed E-state index contributed by atoms with van der Waals surface area (Å²) in [4.78, 5) is 32.7. The van der Waals surface area contributed by atoms with Gasteiger partial charge >= 0.3 is 0 Å². The van der Waals surface area contributed by atoms with Gasteiger partial charge in [0.15, 0.2) is 11.4 Å². The van der Waals surface area contributed by atoms with Gasteiger partial charge in [0.05, 0.1) is 11.3 Å². The Kier molecular flexibility index (Phi) is 5.66. The fraction of sp³-hybridized carbons (Fsp3) is 0.381. The van der Waals surface area contributed by atoms with Crippen LogP contribution in [0.2, 0.25) is 0 Å². The van der Waals surface area contributed by atoms with Gasteiger partial charge in [0, 0.05) is 37.7 Å². The number of carbonyl (C=O) groups is 2. The summed E-state index contributed by atoms with van der Waals surface area (Å²) < 4.78 is 12.7. The molecule has 11 heteroatoms. The lowest BCUT2D eigenvalue weighted by Gasteiger charge is -2.36. The molecule has 4 heterocycles. The van der Waals surface area contributed by atoms with Crippen molar-refractivity contribution in [1.29, 1.82) is 0 Å². The van der Waals surface area contributed by atoms with Crippen molar-refractivity contribution in [3.05, 3.63) is 42.2 Å². The summed E-state index contributed by atoms with van der Waals surface area (Å²) in [5.74, 6) is -0.330. The lowest BCUT2D eigenvalue weighted by atomic mass is 9.94. The summed E-state index contributed by atoms with van der Waals surface area (Å²) in [6, 6.07) is 3.81. The number of hydrogen-bond acceptors (Lipinski definition) is 8. The number of aryl methyl sites for hydroxylation is 1. The Hall–Kier alpha value is -3.73. The highest BCUT2D eigenvalue weighted by Gasteiger charge is 2.29. The topological polar surface area (TPSA) is 150 Å². The van der Waals surface area contributed by atoms with E-state index in [2.05, 4.69) is 39.5 Å². The number of aromatic nitrogens is 4. The molecule has 0 saturated carbocycles. The van der Waals surface area contributed by atoms with Crippen molar-refractivity contribution in [3.63, 3.8) is 0 Å². The minimum atomic E-state index is -0.744. The smallest absolute Gasteiger partial charge is 0.277 e. The number of nitrogens with two attached hydrogens (primary N) is 1. The highest BCUT2D eigenvalue weighted by molar-refractivity contribution is 6.07. The first-order valence-corrected chi connectivity index (χ1v) is 10.2. The van der Waals surface area contributed by atoms with Crippen molar-refractivity contribution in [2.24, 2.45) is 12.8 Å². The number of hydrogen-bond donors (Lipinski definition) is 3. The van der Waals surface area contributed by atoms with Crippen molar-refractivity contribution < 1.29 is 18.7 Å². The Morgan fingerprint density at radius 1 is 1.34 bits per heavy atom. The molecule has 1 aliphatic heterocycles. The molecule has 0 bridgehead atoms. The first-order valence-electron chi connectivity index (χ1n) is 10.2. The Morgan fingerprint density at radius 3 is 2.91 bits per heavy atom. The molecule has 1 aliphatic rings. The van der Waals surface area contributed by atoms with E-state index in [0.29, 0.717) is 18.0 Å². The third-order valence-corrected chi connectivity index (χ3v) is 5.10. The summed E-state index contributed by atoms with van der Waals surface area (Å²) in [7, 11) is 1.62. The number of anilines is 2. The molecule has 0 aliphatic carbocycles. The average molecular weight is 439 g/mol. The van der Waals surface area contributed by atoms with Crippen LogP contribution in [-0.4, -0.2) is 49.8 Å². The first kappa shape index (κ1) is 21.5. The fourth-order valence-corrected chi connectivity index (χ4v) is 3.67. The van der Waals surface area contributed by atoms with Crippen molar-refractivity contribution in [1.82, 2.24) is 19.7 Å². The van der Waals surface area contributed by atoms with Crippen molar-refractivity contribution in [2.75, 3.05) is 17.2 Å². The number of rotatable bonds is 6. The predicted octanol–water partition coefficient (Wildman–Crippen LogP) is 2.19. The maximum Gasteiger partial charge on any atom is 0.277 e. The predicted molar refractivity (Wildman–Crippen MR) is 116 cm³/mol. The zero-order valence-electron chi connectivity index (χ0n) is 18.1. The third kappa shape index (κ3) is 4.78. The summed E-state index contributed by atoms with van der Waals surface area (Å²) >= 11 is 0. The van der Waals surface area contributed by atoms with E-state index in [-0.39, 0.29) is 34.6 Å². The number of oxazole rings is 1. The van der Waals surface area contributed by atoms with Crippen LogP contribution in [0.3, 0.4) is 0 Å². The van der Waals surface area contributed by atoms with Gasteiger partial charge in [-0.05, 0) is 38.8 Å². The zero-order chi connectivity index (χ0) is 22.9. The molecule has 0 spiro atoms. The van der Waals surface area contributed by atoms with Crippen LogP contribution in [0.4, 0.5) is 11.5 Å². The van der Waals surface area contributed by atoms with Gasteiger partial charge in [-0.15, -0.1) is 0 Å². The minimum absolute atomic E-state index is 0.0364. The Labute approximate surface area is 184 Å². The van der Waals surface area contributed by atoms with Gasteiger partial charge in [0.2, 0.25) is 5.89 Å². The second-order valence-corrected chi connectivity index (χ2v) is 8.29. The molecule has 3 aromatic heterocycles. The van der Waals surface area contributed by atoms with Gasteiger partial charge in [-0.1, -0.05) is 0 Å². The lowest BCUT2D eigenvalue weighted by molar-refractivity contribution is -0.0553. The molecule has 4 N–H and O–H groups in total. The molecule has 32 heavy (non-hydrogen) atoms. The quantitative estimate of drug-likeness (QED) is 0.529. The summed E-state index contributed by atoms with van der Waals surface area (Å²) in [5, 5.41) is 9.96. The molecule has 1 saturated heterocycles. The summed E-state index contributed by atoms with van der Waals surface area (Å²) in [6.07, 6.45) is 6.14. The van der Waals surface area contributed by atoms with Gasteiger partial charge < -0.3 is 25.5 Å². The highest BCUT2D eigenvalue weighted by Crippen LogP contribution is 2.27. The maximum absolute atomic E-state index is 12.6. The van der Waals surface area contributed by atoms with Crippen LogP contribution >= 0.6 is 0 Å². The monoisotopic (exact) mass is 439 g/mol. The molecule has 1 fully saturated rings. The number of ether oxygens (including phenoxy) is 1. The van der Waals surface area contributed by atoms with Gasteiger partial charge in [-0.2, -0.15) is 5.10 Å². The molecular formula is C21H25N7O4. The van der Waals surface area contributed by atoms with E-state index in [0.717, 1.165) is 12.8 Å². The molecule has 11 nitrogen and oxygen atoms in total. The fourth-order valence-electron chi connectivity index (χ4n) is 3.67. The number of nitrogens with zero attached hydrogens (tertiary/aromatic N) is 4. The molecule has 1 atom stereocenters. The van der Waals surface area contributed by atoms with Gasteiger partial charge in [-0.3, -0.25) is 14.3 Å². The standard InChI is InChI=1S/C21H25N7O4/c1-21(2)9-13(5-7-32-21)24-16-8-12(4-6-23-16)20-26-15(11-31-20)19(30)25-14-10-28(3)27-17(14)18(22)29/h4,6,8,10-11,13H,5,7,9H2,1-3H3,(H2,22,29)(H,23,24)(H,25,30). The SMILES string of the molecule is Cn1cc(NC(=O)c2coc(-c3ccnc(NC4CCOC(C)(C)C4)c3)n2)c(C(N)=O)n1. The van der Waals surface area contributed by atoms with E-state index in [9.17, 15) is 9.59 Å². The normalized spacial score (nSPS) is 17.7. The molecule has 0 aromatic carbocycles. The number of nitrogens with one attached hydrogen (secondary N) is 2. The lowest BCUT2D eigenvalue weighted by Crippen LogP contribution is -2.40. The van der Waals surface area contributed by atoms with Crippen molar-refractivity contribution >= 4 is 23.3 Å². The molecule has 3 aromatic rings. The molecule has 4 rings (SSSR count). The van der Waals surface area contributed by atoms with Crippen LogP contribution < -0.4 is 16.4 Å².